The lowest BCUT2D eigenvalue weighted by atomic mass is 10.3. The standard InChI is InChI=1S/C6H15N3/c1-7-3-2-6-8-4-5-9-6/h6-9H,2-5H2,1H3. The summed E-state index contributed by atoms with van der Waals surface area (Å²) in [6.07, 6.45) is 1.73. The van der Waals surface area contributed by atoms with E-state index in [4.69, 9.17) is 0 Å². The predicted molar refractivity (Wildman–Crippen MR) is 38.3 cm³/mol. The number of hydrogen-bond acceptors (Lipinski definition) is 3. The third kappa shape index (κ3) is 2.30. The van der Waals surface area contributed by atoms with Gasteiger partial charge in [0.25, 0.3) is 0 Å². The second kappa shape index (κ2) is 3.82. The maximum absolute atomic E-state index is 3.34. The van der Waals surface area contributed by atoms with Gasteiger partial charge in [0.2, 0.25) is 0 Å². The maximum Gasteiger partial charge on any atom is 0.0584 e. The fraction of sp³-hybridized carbons (Fsp3) is 1.00. The zero-order valence-electron chi connectivity index (χ0n) is 5.91. The Morgan fingerprint density at radius 2 is 2.11 bits per heavy atom. The normalized spacial score (nSPS) is 21.0. The summed E-state index contributed by atoms with van der Waals surface area (Å²) in [4.78, 5) is 0. The van der Waals surface area contributed by atoms with E-state index in [1.54, 1.807) is 0 Å². The third-order valence-electron chi connectivity index (χ3n) is 1.59. The molecule has 3 nitrogen and oxygen atoms in total. The zero-order valence-corrected chi connectivity index (χ0v) is 5.91. The van der Waals surface area contributed by atoms with Crippen molar-refractivity contribution >= 4 is 0 Å². The van der Waals surface area contributed by atoms with Crippen molar-refractivity contribution < 1.29 is 0 Å². The second-order valence-electron chi connectivity index (χ2n) is 2.35. The van der Waals surface area contributed by atoms with E-state index in [0.717, 1.165) is 19.6 Å². The average Bonchev–Trinajstić information content (AvgIpc) is 2.34. The molecule has 0 aromatic carbocycles. The van der Waals surface area contributed by atoms with Gasteiger partial charge in [-0.3, -0.25) is 0 Å². The molecule has 0 aromatic heterocycles. The van der Waals surface area contributed by atoms with E-state index in [1.165, 1.54) is 6.42 Å². The fourth-order valence-electron chi connectivity index (χ4n) is 1.06. The Bertz CT molecular complexity index is 68.7. The second-order valence-corrected chi connectivity index (χ2v) is 2.35. The van der Waals surface area contributed by atoms with Gasteiger partial charge in [0.1, 0.15) is 0 Å². The van der Waals surface area contributed by atoms with Crippen LogP contribution in [0.15, 0.2) is 0 Å². The minimum absolute atomic E-state index is 0.553. The molecule has 3 N–H and O–H groups in total. The Hall–Kier alpha value is -0.120. The molecule has 1 fully saturated rings. The van der Waals surface area contributed by atoms with Crippen LogP contribution in [0.1, 0.15) is 6.42 Å². The maximum atomic E-state index is 3.34. The third-order valence-corrected chi connectivity index (χ3v) is 1.59. The van der Waals surface area contributed by atoms with Gasteiger partial charge in [-0.15, -0.1) is 0 Å². The molecule has 1 aliphatic rings. The molecule has 54 valence electrons. The van der Waals surface area contributed by atoms with E-state index in [-0.39, 0.29) is 0 Å². The van der Waals surface area contributed by atoms with Crippen LogP contribution in [0.4, 0.5) is 0 Å². The summed E-state index contributed by atoms with van der Waals surface area (Å²) in [5.74, 6) is 0. The summed E-state index contributed by atoms with van der Waals surface area (Å²) in [5, 5.41) is 9.80. The van der Waals surface area contributed by atoms with Gasteiger partial charge in [0.05, 0.1) is 6.17 Å². The van der Waals surface area contributed by atoms with Crippen molar-refractivity contribution in [2.75, 3.05) is 26.7 Å². The zero-order chi connectivity index (χ0) is 6.53. The molecule has 9 heavy (non-hydrogen) atoms. The molecular weight excluding hydrogens is 114 g/mol. The first-order chi connectivity index (χ1) is 4.43. The molecule has 3 heteroatoms. The van der Waals surface area contributed by atoms with Crippen molar-refractivity contribution in [1.29, 1.82) is 0 Å². The molecule has 0 saturated carbocycles. The first-order valence-corrected chi connectivity index (χ1v) is 3.55. The largest absolute Gasteiger partial charge is 0.320 e. The molecule has 1 rings (SSSR count). The van der Waals surface area contributed by atoms with Crippen LogP contribution in [-0.4, -0.2) is 32.8 Å². The smallest absolute Gasteiger partial charge is 0.0584 e. The van der Waals surface area contributed by atoms with Gasteiger partial charge in [0.15, 0.2) is 0 Å². The lowest BCUT2D eigenvalue weighted by molar-refractivity contribution is 0.502. The molecule has 1 heterocycles. The minimum atomic E-state index is 0.553. The predicted octanol–water partition coefficient (Wildman–Crippen LogP) is -0.885. The highest BCUT2D eigenvalue weighted by Gasteiger charge is 2.10. The number of rotatable bonds is 3. The van der Waals surface area contributed by atoms with Crippen molar-refractivity contribution in [2.45, 2.75) is 12.6 Å². The summed E-state index contributed by atoms with van der Waals surface area (Å²) in [5.41, 5.74) is 0. The van der Waals surface area contributed by atoms with Gasteiger partial charge in [0, 0.05) is 13.1 Å². The molecular formula is C6H15N3. The monoisotopic (exact) mass is 129 g/mol. The molecule has 0 atom stereocenters. The lowest BCUT2D eigenvalue weighted by Crippen LogP contribution is -2.33. The van der Waals surface area contributed by atoms with Gasteiger partial charge in [-0.05, 0) is 20.0 Å². The summed E-state index contributed by atoms with van der Waals surface area (Å²) in [7, 11) is 1.98. The molecule has 0 unspecified atom stereocenters. The highest BCUT2D eigenvalue weighted by atomic mass is 15.2. The summed E-state index contributed by atoms with van der Waals surface area (Å²) in [6, 6.07) is 0. The number of hydrogen-bond donors (Lipinski definition) is 3. The van der Waals surface area contributed by atoms with Gasteiger partial charge in [-0.25, -0.2) is 0 Å². The highest BCUT2D eigenvalue weighted by Crippen LogP contribution is 1.89. The first-order valence-electron chi connectivity index (χ1n) is 3.55. The fourth-order valence-corrected chi connectivity index (χ4v) is 1.06. The van der Waals surface area contributed by atoms with Crippen LogP contribution in [0.5, 0.6) is 0 Å². The first kappa shape index (κ1) is 6.99. The SMILES string of the molecule is CNCCC1NCCN1. The van der Waals surface area contributed by atoms with E-state index in [2.05, 4.69) is 16.0 Å². The molecule has 0 amide bonds. The Morgan fingerprint density at radius 1 is 1.44 bits per heavy atom. The summed E-state index contributed by atoms with van der Waals surface area (Å²) in [6.45, 7) is 3.33. The molecule has 1 aliphatic heterocycles. The topological polar surface area (TPSA) is 36.1 Å². The molecule has 0 radical (unpaired) electrons. The van der Waals surface area contributed by atoms with Crippen LogP contribution in [0.2, 0.25) is 0 Å². The van der Waals surface area contributed by atoms with E-state index >= 15 is 0 Å². The number of nitrogens with one attached hydrogen (secondary N) is 3. The van der Waals surface area contributed by atoms with E-state index in [9.17, 15) is 0 Å². The highest BCUT2D eigenvalue weighted by molar-refractivity contribution is 4.72. The van der Waals surface area contributed by atoms with Gasteiger partial charge >= 0.3 is 0 Å². The quantitative estimate of drug-likeness (QED) is 0.463. The molecule has 1 saturated heterocycles. The Balaban J connectivity index is 1.98. The van der Waals surface area contributed by atoms with Crippen LogP contribution in [0, 0.1) is 0 Å². The molecule has 0 aromatic rings. The van der Waals surface area contributed by atoms with Gasteiger partial charge in [-0.1, -0.05) is 0 Å². The average molecular weight is 129 g/mol. The lowest BCUT2D eigenvalue weighted by Gasteiger charge is -2.08. The van der Waals surface area contributed by atoms with Crippen LogP contribution in [0.25, 0.3) is 0 Å². The van der Waals surface area contributed by atoms with E-state index in [0.29, 0.717) is 6.17 Å². The van der Waals surface area contributed by atoms with Gasteiger partial charge in [-0.2, -0.15) is 0 Å². The molecule has 0 spiro atoms. The molecule has 0 aliphatic carbocycles. The van der Waals surface area contributed by atoms with E-state index < -0.39 is 0 Å². The van der Waals surface area contributed by atoms with Crippen molar-refractivity contribution in [3.05, 3.63) is 0 Å². The van der Waals surface area contributed by atoms with Crippen molar-refractivity contribution in [2.24, 2.45) is 0 Å². The Kier molecular flexibility index (Phi) is 2.97. The van der Waals surface area contributed by atoms with Crippen LogP contribution >= 0.6 is 0 Å². The van der Waals surface area contributed by atoms with Crippen molar-refractivity contribution in [1.82, 2.24) is 16.0 Å². The minimum Gasteiger partial charge on any atom is -0.320 e. The summed E-state index contributed by atoms with van der Waals surface area (Å²) < 4.78 is 0. The summed E-state index contributed by atoms with van der Waals surface area (Å²) >= 11 is 0. The van der Waals surface area contributed by atoms with Crippen LogP contribution in [0.3, 0.4) is 0 Å². The van der Waals surface area contributed by atoms with Crippen molar-refractivity contribution in [3.63, 3.8) is 0 Å². The van der Waals surface area contributed by atoms with Crippen molar-refractivity contribution in [3.8, 4) is 0 Å². The van der Waals surface area contributed by atoms with Gasteiger partial charge < -0.3 is 16.0 Å². The Morgan fingerprint density at radius 3 is 2.67 bits per heavy atom. The Labute approximate surface area is 56.2 Å². The molecule has 0 bridgehead atoms. The van der Waals surface area contributed by atoms with E-state index in [1.807, 2.05) is 7.05 Å². The van der Waals surface area contributed by atoms with Crippen LogP contribution in [-0.2, 0) is 0 Å². The van der Waals surface area contributed by atoms with Crippen LogP contribution < -0.4 is 16.0 Å².